The van der Waals surface area contributed by atoms with Crippen molar-refractivity contribution < 1.29 is 14.1 Å². The minimum Gasteiger partial charge on any atom is -0.444 e. The molecule has 22 heavy (non-hydrogen) atoms. The van der Waals surface area contributed by atoms with Crippen LogP contribution in [-0.4, -0.2) is 22.2 Å². The summed E-state index contributed by atoms with van der Waals surface area (Å²) in [5.41, 5.74) is 1.74. The molecule has 0 saturated carbocycles. The summed E-state index contributed by atoms with van der Waals surface area (Å²) >= 11 is 1.50. The summed E-state index contributed by atoms with van der Waals surface area (Å²) in [5.74, 6) is -0.592. The zero-order valence-corrected chi connectivity index (χ0v) is 12.7. The van der Waals surface area contributed by atoms with Crippen LogP contribution < -0.4 is 0 Å². The molecule has 0 aliphatic rings. The van der Waals surface area contributed by atoms with E-state index in [0.29, 0.717) is 22.3 Å². The molecule has 110 valence electrons. The Balaban J connectivity index is 2.16. The quantitative estimate of drug-likeness (QED) is 0.689. The van der Waals surface area contributed by atoms with Crippen molar-refractivity contribution in [2.45, 2.75) is 20.0 Å². The third-order valence-corrected chi connectivity index (χ3v) is 3.97. The minimum atomic E-state index is -0.832. The van der Waals surface area contributed by atoms with Gasteiger partial charge in [0.05, 0.1) is 27.2 Å². The van der Waals surface area contributed by atoms with Crippen molar-refractivity contribution in [1.29, 1.82) is 5.26 Å². The number of aryl methyl sites for hydroxylation is 1. The molecule has 0 saturated heterocycles. The molecular formula is C15H11N3O3S. The molecule has 3 aromatic rings. The number of fused-ring (bicyclic) bond motifs is 1. The molecule has 1 unspecified atom stereocenters. The van der Waals surface area contributed by atoms with Gasteiger partial charge >= 0.3 is 5.97 Å². The standard InChI is InChI=1S/C15H11N3O3S/c1-8(7-16)20-15(19)10-6-11(12-4-3-5-22-12)17-14-13(10)9(2)18-21-14/h3-6,8H,1-2H3. The zero-order valence-electron chi connectivity index (χ0n) is 11.9. The van der Waals surface area contributed by atoms with E-state index in [2.05, 4.69) is 10.1 Å². The van der Waals surface area contributed by atoms with Gasteiger partial charge in [0.15, 0.2) is 6.10 Å². The smallest absolute Gasteiger partial charge is 0.340 e. The van der Waals surface area contributed by atoms with Crippen LogP contribution in [0.1, 0.15) is 23.0 Å². The summed E-state index contributed by atoms with van der Waals surface area (Å²) in [6.07, 6.45) is -0.832. The second kappa shape index (κ2) is 5.58. The van der Waals surface area contributed by atoms with Crippen molar-refractivity contribution >= 4 is 28.4 Å². The molecule has 3 heterocycles. The number of pyridine rings is 1. The maximum atomic E-state index is 12.3. The van der Waals surface area contributed by atoms with Gasteiger partial charge in [0, 0.05) is 0 Å². The van der Waals surface area contributed by atoms with E-state index in [1.807, 2.05) is 23.6 Å². The van der Waals surface area contributed by atoms with Gasteiger partial charge in [-0.1, -0.05) is 11.2 Å². The predicted molar refractivity (Wildman–Crippen MR) is 80.3 cm³/mol. The zero-order chi connectivity index (χ0) is 15.7. The topological polar surface area (TPSA) is 89.0 Å². The monoisotopic (exact) mass is 313 g/mol. The molecule has 7 heteroatoms. The first-order valence-electron chi connectivity index (χ1n) is 6.51. The second-order valence-corrected chi connectivity index (χ2v) is 5.60. The van der Waals surface area contributed by atoms with Crippen molar-refractivity contribution in [2.75, 3.05) is 0 Å². The molecule has 3 aromatic heterocycles. The van der Waals surface area contributed by atoms with Gasteiger partial charge in [0.1, 0.15) is 6.07 Å². The van der Waals surface area contributed by atoms with Crippen molar-refractivity contribution in [2.24, 2.45) is 0 Å². The Labute approximate surface area is 129 Å². The Hall–Kier alpha value is -2.72. The Kier molecular flexibility index (Phi) is 3.61. The van der Waals surface area contributed by atoms with Gasteiger partial charge < -0.3 is 9.26 Å². The first-order valence-corrected chi connectivity index (χ1v) is 7.39. The Morgan fingerprint density at radius 2 is 2.36 bits per heavy atom. The van der Waals surface area contributed by atoms with Crippen LogP contribution in [0, 0.1) is 18.3 Å². The number of aromatic nitrogens is 2. The number of nitriles is 1. The third-order valence-electron chi connectivity index (χ3n) is 3.08. The lowest BCUT2D eigenvalue weighted by molar-refractivity contribution is 0.0437. The van der Waals surface area contributed by atoms with Crippen molar-refractivity contribution in [3.63, 3.8) is 0 Å². The van der Waals surface area contributed by atoms with E-state index in [1.165, 1.54) is 18.3 Å². The van der Waals surface area contributed by atoms with Crippen LogP contribution in [0.25, 0.3) is 21.7 Å². The fourth-order valence-electron chi connectivity index (χ4n) is 2.06. The molecule has 0 fully saturated rings. The van der Waals surface area contributed by atoms with Crippen LogP contribution in [0.4, 0.5) is 0 Å². The van der Waals surface area contributed by atoms with E-state index in [0.717, 1.165) is 4.88 Å². The van der Waals surface area contributed by atoms with Gasteiger partial charge in [-0.15, -0.1) is 11.3 Å². The minimum absolute atomic E-state index is 0.278. The average molecular weight is 313 g/mol. The lowest BCUT2D eigenvalue weighted by Crippen LogP contribution is -2.13. The SMILES string of the molecule is Cc1noc2nc(-c3cccs3)cc(C(=O)OC(C)C#N)c12. The lowest BCUT2D eigenvalue weighted by Gasteiger charge is -2.08. The number of esters is 1. The number of thiophene rings is 1. The van der Waals surface area contributed by atoms with Gasteiger partial charge in [0.2, 0.25) is 0 Å². The molecule has 0 N–H and O–H groups in total. The highest BCUT2D eigenvalue weighted by atomic mass is 32.1. The van der Waals surface area contributed by atoms with E-state index in [9.17, 15) is 4.79 Å². The van der Waals surface area contributed by atoms with E-state index in [1.54, 1.807) is 13.0 Å². The molecule has 0 aliphatic heterocycles. The van der Waals surface area contributed by atoms with Gasteiger partial charge in [0.25, 0.3) is 5.71 Å². The number of nitrogens with zero attached hydrogens (tertiary/aromatic N) is 3. The van der Waals surface area contributed by atoms with Crippen molar-refractivity contribution in [3.05, 3.63) is 34.8 Å². The van der Waals surface area contributed by atoms with Crippen LogP contribution in [-0.2, 0) is 4.74 Å². The van der Waals surface area contributed by atoms with Gasteiger partial charge in [-0.05, 0) is 31.4 Å². The highest BCUT2D eigenvalue weighted by Gasteiger charge is 2.22. The molecule has 0 aromatic carbocycles. The first kappa shape index (κ1) is 14.2. The van der Waals surface area contributed by atoms with Gasteiger partial charge in [-0.25, -0.2) is 9.78 Å². The summed E-state index contributed by atoms with van der Waals surface area (Å²) in [5, 5.41) is 15.1. The number of carbonyl (C=O) groups is 1. The van der Waals surface area contributed by atoms with Crippen LogP contribution in [0.3, 0.4) is 0 Å². The number of ether oxygens (including phenoxy) is 1. The number of hydrogen-bond acceptors (Lipinski definition) is 7. The van der Waals surface area contributed by atoms with Crippen molar-refractivity contribution in [3.8, 4) is 16.6 Å². The summed E-state index contributed by atoms with van der Waals surface area (Å²) < 4.78 is 10.3. The fourth-order valence-corrected chi connectivity index (χ4v) is 2.74. The summed E-state index contributed by atoms with van der Waals surface area (Å²) in [7, 11) is 0. The number of hydrogen-bond donors (Lipinski definition) is 0. The summed E-state index contributed by atoms with van der Waals surface area (Å²) in [4.78, 5) is 17.6. The van der Waals surface area contributed by atoms with E-state index in [4.69, 9.17) is 14.5 Å². The van der Waals surface area contributed by atoms with Gasteiger partial charge in [-0.2, -0.15) is 5.26 Å². The molecule has 0 aliphatic carbocycles. The normalized spacial score (nSPS) is 12.0. The largest absolute Gasteiger partial charge is 0.444 e. The Morgan fingerprint density at radius 1 is 1.55 bits per heavy atom. The molecule has 0 amide bonds. The van der Waals surface area contributed by atoms with E-state index in [-0.39, 0.29) is 5.71 Å². The first-order chi connectivity index (χ1) is 10.6. The molecule has 6 nitrogen and oxygen atoms in total. The maximum absolute atomic E-state index is 12.3. The van der Waals surface area contributed by atoms with E-state index < -0.39 is 12.1 Å². The molecule has 3 rings (SSSR count). The van der Waals surface area contributed by atoms with Crippen molar-refractivity contribution in [1.82, 2.24) is 10.1 Å². The third kappa shape index (κ3) is 2.44. The maximum Gasteiger partial charge on any atom is 0.340 e. The fraction of sp³-hybridized carbons (Fsp3) is 0.200. The van der Waals surface area contributed by atoms with E-state index >= 15 is 0 Å². The van der Waals surface area contributed by atoms with Gasteiger partial charge in [-0.3, -0.25) is 0 Å². The second-order valence-electron chi connectivity index (χ2n) is 4.66. The van der Waals surface area contributed by atoms with Crippen LogP contribution in [0.5, 0.6) is 0 Å². The number of carbonyl (C=O) groups excluding carboxylic acids is 1. The van der Waals surface area contributed by atoms with Crippen LogP contribution in [0.2, 0.25) is 0 Å². The lowest BCUT2D eigenvalue weighted by atomic mass is 10.1. The highest BCUT2D eigenvalue weighted by molar-refractivity contribution is 7.13. The predicted octanol–water partition coefficient (Wildman–Crippen LogP) is 3.33. The van der Waals surface area contributed by atoms with Crippen LogP contribution in [0.15, 0.2) is 28.1 Å². The Morgan fingerprint density at radius 3 is 3.05 bits per heavy atom. The molecule has 0 bridgehead atoms. The average Bonchev–Trinajstić information content (AvgIpc) is 3.16. The van der Waals surface area contributed by atoms with Crippen LogP contribution >= 0.6 is 11.3 Å². The molecule has 0 spiro atoms. The summed E-state index contributed by atoms with van der Waals surface area (Å²) in [6, 6.07) is 7.31. The number of rotatable bonds is 3. The molecule has 1 atom stereocenters. The molecular weight excluding hydrogens is 302 g/mol. The Bertz CT molecular complexity index is 877. The highest BCUT2D eigenvalue weighted by Crippen LogP contribution is 2.29. The summed E-state index contributed by atoms with van der Waals surface area (Å²) in [6.45, 7) is 3.24. The molecule has 0 radical (unpaired) electrons.